The third kappa shape index (κ3) is 4.75. The highest BCUT2D eigenvalue weighted by molar-refractivity contribution is 6.11. The molecule has 0 unspecified atom stereocenters. The molecule has 0 bridgehead atoms. The second-order valence-corrected chi connectivity index (χ2v) is 10.7. The SMILES string of the molecule is [B]C1CCC(C2CCC(C3CCC(C4CCC([B])CC4)CC3)CC2)CC1. The second-order valence-electron chi connectivity index (χ2n) is 10.7. The van der Waals surface area contributed by atoms with Crippen LogP contribution in [0.4, 0.5) is 0 Å². The third-order valence-electron chi connectivity index (χ3n) is 9.27. The Kier molecular flexibility index (Phi) is 6.80. The maximum atomic E-state index is 6.11. The molecule has 4 fully saturated rings. The van der Waals surface area contributed by atoms with Gasteiger partial charge in [0.1, 0.15) is 0 Å². The Bertz CT molecular complexity index is 364. The molecule has 4 rings (SSSR count). The molecule has 142 valence electrons. The molecule has 0 amide bonds. The van der Waals surface area contributed by atoms with Gasteiger partial charge in [0.2, 0.25) is 0 Å². The standard InChI is InChI=1S/C24H40B2/c25-23-13-9-21(10-14-23)19-5-1-17(2-6-19)18-3-7-20(8-4-18)22-11-15-24(26)16-12-22/h17-24H,1-16H2. The fourth-order valence-corrected chi connectivity index (χ4v) is 7.41. The Morgan fingerprint density at radius 3 is 0.615 bits per heavy atom. The van der Waals surface area contributed by atoms with E-state index in [1.807, 2.05) is 0 Å². The van der Waals surface area contributed by atoms with Crippen molar-refractivity contribution in [2.45, 2.75) is 114 Å². The van der Waals surface area contributed by atoms with E-state index in [0.717, 1.165) is 35.5 Å². The van der Waals surface area contributed by atoms with Crippen LogP contribution in [0, 0.1) is 35.5 Å². The molecule has 2 heteroatoms. The molecule has 0 aliphatic heterocycles. The van der Waals surface area contributed by atoms with E-state index in [-0.39, 0.29) is 0 Å². The van der Waals surface area contributed by atoms with Crippen LogP contribution >= 0.6 is 0 Å². The maximum Gasteiger partial charge on any atom is 0.0699 e. The molecule has 0 aromatic carbocycles. The van der Waals surface area contributed by atoms with Crippen molar-refractivity contribution >= 4 is 15.7 Å². The molecular weight excluding hydrogens is 310 g/mol. The lowest BCUT2D eigenvalue weighted by molar-refractivity contribution is 0.0947. The van der Waals surface area contributed by atoms with Gasteiger partial charge >= 0.3 is 0 Å². The van der Waals surface area contributed by atoms with Gasteiger partial charge in [0.15, 0.2) is 0 Å². The van der Waals surface area contributed by atoms with Gasteiger partial charge in [0.25, 0.3) is 0 Å². The molecule has 0 atom stereocenters. The summed E-state index contributed by atoms with van der Waals surface area (Å²) in [5, 5.41) is 0. The van der Waals surface area contributed by atoms with E-state index in [9.17, 15) is 0 Å². The summed E-state index contributed by atoms with van der Waals surface area (Å²) in [6, 6.07) is 0. The summed E-state index contributed by atoms with van der Waals surface area (Å²) < 4.78 is 0. The van der Waals surface area contributed by atoms with Gasteiger partial charge in [-0.05, 0) is 86.9 Å². The van der Waals surface area contributed by atoms with Crippen LogP contribution in [-0.2, 0) is 0 Å². The molecular formula is C24H40B2. The van der Waals surface area contributed by atoms with Crippen LogP contribution in [0.15, 0.2) is 0 Å². The fourth-order valence-electron chi connectivity index (χ4n) is 7.41. The lowest BCUT2D eigenvalue weighted by Gasteiger charge is -2.43. The van der Waals surface area contributed by atoms with Gasteiger partial charge in [-0.15, -0.1) is 0 Å². The summed E-state index contributed by atoms with van der Waals surface area (Å²) in [6.07, 6.45) is 23.2. The van der Waals surface area contributed by atoms with Gasteiger partial charge in [-0.2, -0.15) is 0 Å². The first-order valence-corrected chi connectivity index (χ1v) is 12.2. The van der Waals surface area contributed by atoms with Crippen molar-refractivity contribution < 1.29 is 0 Å². The van der Waals surface area contributed by atoms with E-state index in [1.165, 1.54) is 77.0 Å². The van der Waals surface area contributed by atoms with Crippen molar-refractivity contribution in [3.05, 3.63) is 0 Å². The fraction of sp³-hybridized carbons (Fsp3) is 1.00. The zero-order valence-electron chi connectivity index (χ0n) is 17.1. The number of hydrogen-bond acceptors (Lipinski definition) is 0. The zero-order chi connectivity index (χ0) is 17.9. The quantitative estimate of drug-likeness (QED) is 0.486. The Hall–Kier alpha value is 0.130. The molecule has 4 saturated carbocycles. The molecule has 4 aliphatic rings. The number of rotatable bonds is 3. The van der Waals surface area contributed by atoms with Crippen LogP contribution in [0.25, 0.3) is 0 Å². The average Bonchev–Trinajstić information content (AvgIpc) is 2.70. The minimum Gasteiger partial charge on any atom is -0.0774 e. The summed E-state index contributed by atoms with van der Waals surface area (Å²) in [5.41, 5.74) is 0. The molecule has 0 aromatic rings. The van der Waals surface area contributed by atoms with Crippen LogP contribution < -0.4 is 0 Å². The molecule has 0 spiro atoms. The number of hydrogen-bond donors (Lipinski definition) is 0. The van der Waals surface area contributed by atoms with Crippen molar-refractivity contribution in [3.8, 4) is 0 Å². The first kappa shape index (κ1) is 19.4. The highest BCUT2D eigenvalue weighted by Gasteiger charge is 2.36. The second kappa shape index (κ2) is 9.09. The molecule has 4 aliphatic carbocycles. The van der Waals surface area contributed by atoms with Crippen molar-refractivity contribution in [1.82, 2.24) is 0 Å². The van der Waals surface area contributed by atoms with Crippen LogP contribution in [0.5, 0.6) is 0 Å². The van der Waals surface area contributed by atoms with E-state index in [0.29, 0.717) is 11.6 Å². The molecule has 0 N–H and O–H groups in total. The summed E-state index contributed by atoms with van der Waals surface area (Å²) in [4.78, 5) is 0. The highest BCUT2D eigenvalue weighted by atomic mass is 14.4. The first-order chi connectivity index (χ1) is 12.7. The van der Waals surface area contributed by atoms with Gasteiger partial charge < -0.3 is 0 Å². The predicted molar refractivity (Wildman–Crippen MR) is 114 cm³/mol. The van der Waals surface area contributed by atoms with Crippen LogP contribution in [-0.4, -0.2) is 15.7 Å². The molecule has 4 radical (unpaired) electrons. The Morgan fingerprint density at radius 1 is 0.269 bits per heavy atom. The summed E-state index contributed by atoms with van der Waals surface area (Å²) in [7, 11) is 12.2. The Labute approximate surface area is 165 Å². The highest BCUT2D eigenvalue weighted by Crippen LogP contribution is 2.48. The predicted octanol–water partition coefficient (Wildman–Crippen LogP) is 6.89. The molecule has 26 heavy (non-hydrogen) atoms. The molecule has 0 heterocycles. The molecule has 0 saturated heterocycles. The third-order valence-corrected chi connectivity index (χ3v) is 9.27. The maximum absolute atomic E-state index is 6.11. The van der Waals surface area contributed by atoms with E-state index in [1.54, 1.807) is 25.7 Å². The summed E-state index contributed by atoms with van der Waals surface area (Å²) >= 11 is 0. The van der Waals surface area contributed by atoms with Crippen molar-refractivity contribution in [2.24, 2.45) is 35.5 Å². The largest absolute Gasteiger partial charge is 0.0774 e. The lowest BCUT2D eigenvalue weighted by atomic mass is 9.61. The van der Waals surface area contributed by atoms with E-state index < -0.39 is 0 Å². The van der Waals surface area contributed by atoms with Gasteiger partial charge in [0, 0.05) is 0 Å². The Morgan fingerprint density at radius 2 is 0.423 bits per heavy atom. The van der Waals surface area contributed by atoms with Gasteiger partial charge in [-0.1, -0.05) is 63.0 Å². The summed E-state index contributed by atoms with van der Waals surface area (Å²) in [5.74, 6) is 7.28. The van der Waals surface area contributed by atoms with Crippen molar-refractivity contribution in [2.75, 3.05) is 0 Å². The van der Waals surface area contributed by atoms with Crippen molar-refractivity contribution in [3.63, 3.8) is 0 Å². The van der Waals surface area contributed by atoms with Crippen LogP contribution in [0.3, 0.4) is 0 Å². The minimum absolute atomic E-state index is 0.512. The van der Waals surface area contributed by atoms with Crippen LogP contribution in [0.1, 0.15) is 103 Å². The van der Waals surface area contributed by atoms with E-state index in [4.69, 9.17) is 15.7 Å². The monoisotopic (exact) mass is 350 g/mol. The smallest absolute Gasteiger partial charge is 0.0699 e. The Balaban J connectivity index is 1.18. The normalized spacial score (nSPS) is 48.2. The zero-order valence-corrected chi connectivity index (χ0v) is 17.1. The van der Waals surface area contributed by atoms with Gasteiger partial charge in [0.05, 0.1) is 15.7 Å². The van der Waals surface area contributed by atoms with E-state index in [2.05, 4.69) is 0 Å². The first-order valence-electron chi connectivity index (χ1n) is 12.2. The van der Waals surface area contributed by atoms with Crippen molar-refractivity contribution in [1.29, 1.82) is 0 Å². The van der Waals surface area contributed by atoms with E-state index >= 15 is 0 Å². The topological polar surface area (TPSA) is 0 Å². The van der Waals surface area contributed by atoms with Gasteiger partial charge in [-0.3, -0.25) is 0 Å². The summed E-state index contributed by atoms with van der Waals surface area (Å²) in [6.45, 7) is 0. The minimum atomic E-state index is 0.512. The van der Waals surface area contributed by atoms with Crippen LogP contribution in [0.2, 0.25) is 11.6 Å². The molecule has 0 nitrogen and oxygen atoms in total. The average molecular weight is 350 g/mol. The van der Waals surface area contributed by atoms with Gasteiger partial charge in [-0.25, -0.2) is 0 Å². The lowest BCUT2D eigenvalue weighted by Crippen LogP contribution is -2.31. The molecule has 0 aromatic heterocycles.